The Morgan fingerprint density at radius 3 is 1.43 bits per heavy atom. The SMILES string of the molecule is CC(=O)Nc1ccc(N=Nc2ccc(N=Nc3ccc(C#N)cc3)cc2)cc1. The highest BCUT2D eigenvalue weighted by molar-refractivity contribution is 5.88. The van der Waals surface area contributed by atoms with E-state index in [9.17, 15) is 4.79 Å². The smallest absolute Gasteiger partial charge is 0.221 e. The fourth-order valence-corrected chi connectivity index (χ4v) is 2.23. The molecule has 7 nitrogen and oxygen atoms in total. The maximum absolute atomic E-state index is 11.0. The van der Waals surface area contributed by atoms with Crippen LogP contribution in [0.4, 0.5) is 28.4 Å². The molecule has 7 heteroatoms. The van der Waals surface area contributed by atoms with Gasteiger partial charge in [-0.05, 0) is 72.8 Å². The lowest BCUT2D eigenvalue weighted by Crippen LogP contribution is -2.04. The lowest BCUT2D eigenvalue weighted by atomic mass is 10.2. The van der Waals surface area contributed by atoms with Crippen LogP contribution >= 0.6 is 0 Å². The molecule has 0 radical (unpaired) electrons. The summed E-state index contributed by atoms with van der Waals surface area (Å²) >= 11 is 0. The first-order valence-electron chi connectivity index (χ1n) is 8.44. The quantitative estimate of drug-likeness (QED) is 0.530. The van der Waals surface area contributed by atoms with E-state index in [1.165, 1.54) is 6.92 Å². The number of amides is 1. The Balaban J connectivity index is 1.62. The molecule has 0 saturated heterocycles. The Labute approximate surface area is 162 Å². The number of benzene rings is 3. The van der Waals surface area contributed by atoms with E-state index in [2.05, 4.69) is 31.8 Å². The van der Waals surface area contributed by atoms with Crippen LogP contribution in [0.5, 0.6) is 0 Å². The highest BCUT2D eigenvalue weighted by atomic mass is 16.1. The number of hydrogen-bond donors (Lipinski definition) is 1. The summed E-state index contributed by atoms with van der Waals surface area (Å²) in [7, 11) is 0. The minimum Gasteiger partial charge on any atom is -0.326 e. The average Bonchev–Trinajstić information content (AvgIpc) is 2.72. The van der Waals surface area contributed by atoms with Crippen LogP contribution in [0.1, 0.15) is 12.5 Å². The number of rotatable bonds is 5. The second kappa shape index (κ2) is 8.96. The third-order valence-corrected chi connectivity index (χ3v) is 3.60. The fraction of sp³-hybridized carbons (Fsp3) is 0.0476. The van der Waals surface area contributed by atoms with Gasteiger partial charge in [0.2, 0.25) is 5.91 Å². The average molecular weight is 368 g/mol. The van der Waals surface area contributed by atoms with Gasteiger partial charge >= 0.3 is 0 Å². The molecule has 0 heterocycles. The van der Waals surface area contributed by atoms with Crippen molar-refractivity contribution in [3.05, 3.63) is 78.4 Å². The van der Waals surface area contributed by atoms with Gasteiger partial charge in [0.25, 0.3) is 0 Å². The first kappa shape index (κ1) is 18.6. The molecule has 0 aliphatic heterocycles. The summed E-state index contributed by atoms with van der Waals surface area (Å²) < 4.78 is 0. The van der Waals surface area contributed by atoms with Gasteiger partial charge in [-0.3, -0.25) is 4.79 Å². The summed E-state index contributed by atoms with van der Waals surface area (Å²) in [6, 6.07) is 23.2. The fourth-order valence-electron chi connectivity index (χ4n) is 2.23. The summed E-state index contributed by atoms with van der Waals surface area (Å²) in [6.45, 7) is 1.46. The van der Waals surface area contributed by atoms with Crippen molar-refractivity contribution in [3.8, 4) is 6.07 Å². The number of carbonyl (C=O) groups excluding carboxylic acids is 1. The van der Waals surface area contributed by atoms with E-state index in [0.717, 1.165) is 0 Å². The van der Waals surface area contributed by atoms with E-state index in [0.29, 0.717) is 34.0 Å². The van der Waals surface area contributed by atoms with Gasteiger partial charge in [-0.25, -0.2) is 0 Å². The number of azo groups is 2. The molecule has 0 fully saturated rings. The second-order valence-electron chi connectivity index (χ2n) is 5.80. The van der Waals surface area contributed by atoms with Gasteiger partial charge in [0.1, 0.15) is 0 Å². The van der Waals surface area contributed by atoms with Gasteiger partial charge in [-0.2, -0.15) is 25.7 Å². The molecule has 0 aliphatic rings. The first-order valence-corrected chi connectivity index (χ1v) is 8.44. The number of carbonyl (C=O) groups is 1. The summed E-state index contributed by atoms with van der Waals surface area (Å²) in [5, 5.41) is 28.1. The van der Waals surface area contributed by atoms with Gasteiger partial charge < -0.3 is 5.32 Å². The van der Waals surface area contributed by atoms with Crippen molar-refractivity contribution in [2.24, 2.45) is 20.5 Å². The van der Waals surface area contributed by atoms with Crippen LogP contribution in [0.2, 0.25) is 0 Å². The second-order valence-corrected chi connectivity index (χ2v) is 5.80. The largest absolute Gasteiger partial charge is 0.326 e. The van der Waals surface area contributed by atoms with Gasteiger partial charge in [-0.1, -0.05) is 0 Å². The van der Waals surface area contributed by atoms with Gasteiger partial charge in [-0.15, -0.1) is 0 Å². The zero-order valence-electron chi connectivity index (χ0n) is 15.1. The lowest BCUT2D eigenvalue weighted by Gasteiger charge is -2.01. The number of anilines is 1. The van der Waals surface area contributed by atoms with E-state index >= 15 is 0 Å². The first-order chi connectivity index (χ1) is 13.6. The molecular weight excluding hydrogens is 352 g/mol. The Morgan fingerprint density at radius 1 is 0.714 bits per heavy atom. The summed E-state index contributed by atoms with van der Waals surface area (Å²) in [6.07, 6.45) is 0. The molecule has 0 unspecified atom stereocenters. The monoisotopic (exact) mass is 368 g/mol. The Hall–Kier alpha value is -4.18. The topological polar surface area (TPSA) is 102 Å². The van der Waals surface area contributed by atoms with Crippen LogP contribution in [-0.2, 0) is 4.79 Å². The Kier molecular flexibility index (Phi) is 5.95. The van der Waals surface area contributed by atoms with E-state index in [4.69, 9.17) is 5.26 Å². The number of hydrogen-bond acceptors (Lipinski definition) is 6. The maximum Gasteiger partial charge on any atom is 0.221 e. The molecule has 0 saturated carbocycles. The predicted molar refractivity (Wildman–Crippen MR) is 107 cm³/mol. The van der Waals surface area contributed by atoms with Crippen LogP contribution in [-0.4, -0.2) is 5.91 Å². The predicted octanol–water partition coefficient (Wildman–Crippen LogP) is 6.35. The molecule has 28 heavy (non-hydrogen) atoms. The lowest BCUT2D eigenvalue weighted by molar-refractivity contribution is -0.114. The molecule has 0 aliphatic carbocycles. The number of nitriles is 1. The molecule has 0 aromatic heterocycles. The third kappa shape index (κ3) is 5.41. The minimum atomic E-state index is -0.120. The zero-order chi connectivity index (χ0) is 19.8. The highest BCUT2D eigenvalue weighted by Gasteiger charge is 1.97. The Morgan fingerprint density at radius 2 is 1.07 bits per heavy atom. The zero-order valence-corrected chi connectivity index (χ0v) is 15.1. The molecule has 1 amide bonds. The summed E-state index contributed by atoms with van der Waals surface area (Å²) in [4.78, 5) is 11.0. The van der Waals surface area contributed by atoms with E-state index < -0.39 is 0 Å². The van der Waals surface area contributed by atoms with Crippen LogP contribution < -0.4 is 5.32 Å². The highest BCUT2D eigenvalue weighted by Crippen LogP contribution is 2.24. The van der Waals surface area contributed by atoms with E-state index in [-0.39, 0.29) is 5.91 Å². The molecule has 3 aromatic rings. The van der Waals surface area contributed by atoms with Crippen molar-refractivity contribution in [1.29, 1.82) is 5.26 Å². The van der Waals surface area contributed by atoms with Crippen molar-refractivity contribution in [2.75, 3.05) is 5.32 Å². The third-order valence-electron chi connectivity index (χ3n) is 3.60. The number of nitrogens with zero attached hydrogens (tertiary/aromatic N) is 5. The van der Waals surface area contributed by atoms with Crippen LogP contribution in [0.25, 0.3) is 0 Å². The summed E-state index contributed by atoms with van der Waals surface area (Å²) in [5.74, 6) is -0.120. The number of nitrogens with one attached hydrogen (secondary N) is 1. The van der Waals surface area contributed by atoms with Gasteiger partial charge in [0, 0.05) is 12.6 Å². The van der Waals surface area contributed by atoms with Crippen LogP contribution in [0, 0.1) is 11.3 Å². The van der Waals surface area contributed by atoms with Crippen molar-refractivity contribution >= 4 is 34.3 Å². The molecular formula is C21H16N6O. The molecule has 1 N–H and O–H groups in total. The summed E-state index contributed by atoms with van der Waals surface area (Å²) in [5.41, 5.74) is 4.01. The molecule has 3 aromatic carbocycles. The van der Waals surface area contributed by atoms with Crippen molar-refractivity contribution < 1.29 is 4.79 Å². The van der Waals surface area contributed by atoms with Crippen molar-refractivity contribution in [2.45, 2.75) is 6.92 Å². The van der Waals surface area contributed by atoms with Gasteiger partial charge in [0.05, 0.1) is 34.4 Å². The molecule has 3 rings (SSSR count). The molecule has 0 bridgehead atoms. The van der Waals surface area contributed by atoms with Crippen molar-refractivity contribution in [3.63, 3.8) is 0 Å². The molecule has 0 atom stereocenters. The Bertz CT molecular complexity index is 1050. The van der Waals surface area contributed by atoms with Crippen molar-refractivity contribution in [1.82, 2.24) is 0 Å². The van der Waals surface area contributed by atoms with E-state index in [1.54, 1.807) is 72.8 Å². The van der Waals surface area contributed by atoms with Crippen LogP contribution in [0.3, 0.4) is 0 Å². The standard InChI is InChI=1S/C21H16N6O/c1-15(28)23-17-6-8-19(9-7-17)25-27-21-12-10-20(11-13-21)26-24-18-4-2-16(14-22)3-5-18/h2-13H,1H3,(H,23,28). The normalized spacial score (nSPS) is 10.9. The molecule has 0 spiro atoms. The van der Waals surface area contributed by atoms with E-state index in [1.807, 2.05) is 0 Å². The van der Waals surface area contributed by atoms with Crippen LogP contribution in [0.15, 0.2) is 93.3 Å². The maximum atomic E-state index is 11.0. The minimum absolute atomic E-state index is 0.120. The van der Waals surface area contributed by atoms with Gasteiger partial charge in [0.15, 0.2) is 0 Å². The molecule has 136 valence electrons.